The molecule has 0 heterocycles. The highest BCUT2D eigenvalue weighted by Crippen LogP contribution is 1.91. The molecule has 0 atom stereocenters. The molecule has 0 aliphatic carbocycles. The summed E-state index contributed by atoms with van der Waals surface area (Å²) in [6.07, 6.45) is 2.80. The molecule has 10 heavy (non-hydrogen) atoms. The zero-order chi connectivity index (χ0) is 8.57. The van der Waals surface area contributed by atoms with Crippen molar-refractivity contribution in [2.75, 3.05) is 0 Å². The van der Waals surface area contributed by atoms with Crippen molar-refractivity contribution < 1.29 is 9.90 Å². The van der Waals surface area contributed by atoms with E-state index in [4.69, 9.17) is 5.11 Å². The molecule has 0 fully saturated rings. The fraction of sp³-hybridized carbons (Fsp3) is 0.625. The van der Waals surface area contributed by atoms with E-state index in [0.717, 1.165) is 6.08 Å². The number of carboxylic acid groups (broad SMARTS) is 1. The van der Waals surface area contributed by atoms with Crippen molar-refractivity contribution >= 4 is 5.97 Å². The molecule has 0 radical (unpaired) electrons. The van der Waals surface area contributed by atoms with Crippen molar-refractivity contribution in [1.29, 1.82) is 0 Å². The Morgan fingerprint density at radius 3 is 1.90 bits per heavy atom. The number of allylic oxidation sites excluding steroid dienone is 1. The summed E-state index contributed by atoms with van der Waals surface area (Å²) in [5.41, 5.74) is 0. The highest BCUT2D eigenvalue weighted by Gasteiger charge is 1.86. The van der Waals surface area contributed by atoms with E-state index in [0.29, 0.717) is 5.92 Å². The standard InChI is InChI=1S/C6H10O2.C2H6/c1-5(2)3-4-6(7)8;1-2/h3-5H,1-2H3,(H,7,8);1-2H3/b4-3+;. The lowest BCUT2D eigenvalue weighted by atomic mass is 10.2. The third kappa shape index (κ3) is 15.7. The Balaban J connectivity index is 0. The number of aliphatic carboxylic acids is 1. The van der Waals surface area contributed by atoms with E-state index >= 15 is 0 Å². The normalized spacial score (nSPS) is 9.30. The fourth-order valence-corrected chi connectivity index (χ4v) is 0.275. The largest absolute Gasteiger partial charge is 0.478 e. The minimum absolute atomic E-state index is 0.325. The van der Waals surface area contributed by atoms with E-state index in [1.165, 1.54) is 0 Å². The molecule has 0 spiro atoms. The van der Waals surface area contributed by atoms with E-state index in [9.17, 15) is 4.79 Å². The van der Waals surface area contributed by atoms with Crippen LogP contribution in [0.5, 0.6) is 0 Å². The monoisotopic (exact) mass is 144 g/mol. The van der Waals surface area contributed by atoms with Crippen LogP contribution in [0.15, 0.2) is 12.2 Å². The van der Waals surface area contributed by atoms with Gasteiger partial charge in [-0.1, -0.05) is 33.8 Å². The first-order valence-corrected chi connectivity index (χ1v) is 3.54. The summed E-state index contributed by atoms with van der Waals surface area (Å²) in [4.78, 5) is 9.82. The van der Waals surface area contributed by atoms with Gasteiger partial charge < -0.3 is 5.11 Å². The van der Waals surface area contributed by atoms with Gasteiger partial charge in [-0.3, -0.25) is 0 Å². The van der Waals surface area contributed by atoms with Gasteiger partial charge in [-0.2, -0.15) is 0 Å². The molecule has 0 saturated carbocycles. The lowest BCUT2D eigenvalue weighted by Crippen LogP contribution is -1.87. The Morgan fingerprint density at radius 2 is 1.80 bits per heavy atom. The Labute approximate surface area is 62.6 Å². The Hall–Kier alpha value is -0.790. The van der Waals surface area contributed by atoms with Gasteiger partial charge in [-0.25, -0.2) is 4.79 Å². The molecular formula is C8H16O2. The van der Waals surface area contributed by atoms with E-state index in [1.807, 2.05) is 27.7 Å². The number of carboxylic acids is 1. The lowest BCUT2D eigenvalue weighted by Gasteiger charge is -1.88. The zero-order valence-corrected chi connectivity index (χ0v) is 7.09. The van der Waals surface area contributed by atoms with Crippen molar-refractivity contribution in [3.63, 3.8) is 0 Å². The van der Waals surface area contributed by atoms with Crippen molar-refractivity contribution in [3.05, 3.63) is 12.2 Å². The van der Waals surface area contributed by atoms with Crippen LogP contribution in [0.3, 0.4) is 0 Å². The van der Waals surface area contributed by atoms with E-state index in [-0.39, 0.29) is 0 Å². The average Bonchev–Trinajstić information content (AvgIpc) is 1.89. The maximum absolute atomic E-state index is 9.82. The first kappa shape index (κ1) is 11.9. The number of hydrogen-bond donors (Lipinski definition) is 1. The molecule has 0 unspecified atom stereocenters. The van der Waals surface area contributed by atoms with Gasteiger partial charge in [0, 0.05) is 6.08 Å². The minimum atomic E-state index is -0.876. The second kappa shape index (κ2) is 8.21. The first-order chi connectivity index (χ1) is 4.63. The molecule has 0 aromatic carbocycles. The first-order valence-electron chi connectivity index (χ1n) is 3.54. The number of hydrogen-bond acceptors (Lipinski definition) is 1. The highest BCUT2D eigenvalue weighted by molar-refractivity contribution is 5.79. The van der Waals surface area contributed by atoms with Crippen LogP contribution < -0.4 is 0 Å². The second-order valence-electron chi connectivity index (χ2n) is 1.94. The summed E-state index contributed by atoms with van der Waals surface area (Å²) in [6, 6.07) is 0. The van der Waals surface area contributed by atoms with Gasteiger partial charge in [0.25, 0.3) is 0 Å². The van der Waals surface area contributed by atoms with Crippen LogP contribution in [0.1, 0.15) is 27.7 Å². The number of carbonyl (C=O) groups is 1. The van der Waals surface area contributed by atoms with Gasteiger partial charge in [-0.15, -0.1) is 0 Å². The van der Waals surface area contributed by atoms with E-state index in [1.54, 1.807) is 6.08 Å². The molecule has 0 aliphatic heterocycles. The minimum Gasteiger partial charge on any atom is -0.478 e. The summed E-state index contributed by atoms with van der Waals surface area (Å²) in [6.45, 7) is 7.86. The average molecular weight is 144 g/mol. The molecule has 0 aliphatic rings. The molecule has 2 heteroatoms. The molecule has 0 rings (SSSR count). The predicted molar refractivity (Wildman–Crippen MR) is 43.0 cm³/mol. The summed E-state index contributed by atoms with van der Waals surface area (Å²) in [5, 5.41) is 8.08. The van der Waals surface area contributed by atoms with E-state index in [2.05, 4.69) is 0 Å². The van der Waals surface area contributed by atoms with Crippen molar-refractivity contribution in [3.8, 4) is 0 Å². The van der Waals surface area contributed by atoms with Crippen LogP contribution in [0.25, 0.3) is 0 Å². The van der Waals surface area contributed by atoms with Gasteiger partial charge in [0.15, 0.2) is 0 Å². The molecule has 0 saturated heterocycles. The molecule has 0 aromatic heterocycles. The smallest absolute Gasteiger partial charge is 0.327 e. The van der Waals surface area contributed by atoms with Crippen molar-refractivity contribution in [1.82, 2.24) is 0 Å². The Bertz CT molecular complexity index is 104. The van der Waals surface area contributed by atoms with Crippen LogP contribution in [-0.2, 0) is 4.79 Å². The van der Waals surface area contributed by atoms with Crippen LogP contribution in [0.4, 0.5) is 0 Å². The third-order valence-corrected chi connectivity index (χ3v) is 0.624. The van der Waals surface area contributed by atoms with E-state index < -0.39 is 5.97 Å². The molecule has 0 amide bonds. The summed E-state index contributed by atoms with van der Waals surface area (Å²) < 4.78 is 0. The second-order valence-corrected chi connectivity index (χ2v) is 1.94. The molecule has 0 aromatic rings. The summed E-state index contributed by atoms with van der Waals surface area (Å²) >= 11 is 0. The Kier molecular flexibility index (Phi) is 9.80. The SMILES string of the molecule is CC.CC(C)/C=C/C(=O)O. The van der Waals surface area contributed by atoms with Crippen molar-refractivity contribution in [2.45, 2.75) is 27.7 Å². The maximum atomic E-state index is 9.82. The maximum Gasteiger partial charge on any atom is 0.327 e. The topological polar surface area (TPSA) is 37.3 Å². The predicted octanol–water partition coefficient (Wildman–Crippen LogP) is 2.31. The zero-order valence-electron chi connectivity index (χ0n) is 7.09. The lowest BCUT2D eigenvalue weighted by molar-refractivity contribution is -0.131. The fourth-order valence-electron chi connectivity index (χ4n) is 0.275. The summed E-state index contributed by atoms with van der Waals surface area (Å²) in [7, 11) is 0. The molecule has 60 valence electrons. The van der Waals surface area contributed by atoms with Crippen LogP contribution in [0, 0.1) is 5.92 Å². The molecule has 1 N–H and O–H groups in total. The van der Waals surface area contributed by atoms with Crippen molar-refractivity contribution in [2.24, 2.45) is 5.92 Å². The molecular weight excluding hydrogens is 128 g/mol. The summed E-state index contributed by atoms with van der Waals surface area (Å²) in [5.74, 6) is -0.551. The van der Waals surface area contributed by atoms with Gasteiger partial charge in [-0.05, 0) is 5.92 Å². The molecule has 2 nitrogen and oxygen atoms in total. The van der Waals surface area contributed by atoms with Crippen LogP contribution >= 0.6 is 0 Å². The van der Waals surface area contributed by atoms with Gasteiger partial charge in [0.2, 0.25) is 0 Å². The third-order valence-electron chi connectivity index (χ3n) is 0.624. The number of rotatable bonds is 2. The van der Waals surface area contributed by atoms with Gasteiger partial charge in [0.1, 0.15) is 0 Å². The molecule has 0 bridgehead atoms. The van der Waals surface area contributed by atoms with Gasteiger partial charge >= 0.3 is 5.97 Å². The highest BCUT2D eigenvalue weighted by atomic mass is 16.4. The van der Waals surface area contributed by atoms with Crippen LogP contribution in [-0.4, -0.2) is 11.1 Å². The van der Waals surface area contributed by atoms with Crippen LogP contribution in [0.2, 0.25) is 0 Å². The van der Waals surface area contributed by atoms with Gasteiger partial charge in [0.05, 0.1) is 0 Å². The quantitative estimate of drug-likeness (QED) is 0.604. The Morgan fingerprint density at radius 1 is 1.40 bits per heavy atom.